The molecule has 0 aliphatic heterocycles. The molecule has 1 saturated carbocycles. The van der Waals surface area contributed by atoms with E-state index >= 15 is 0 Å². The van der Waals surface area contributed by atoms with Crippen molar-refractivity contribution in [3.05, 3.63) is 0 Å². The lowest BCUT2D eigenvalue weighted by Gasteiger charge is -1.98. The quantitative estimate of drug-likeness (QED) is 0.420. The first-order valence-corrected chi connectivity index (χ1v) is 5.07. The van der Waals surface area contributed by atoms with Crippen LogP contribution in [0.4, 0.5) is 0 Å². The van der Waals surface area contributed by atoms with Gasteiger partial charge in [0.25, 0.3) is 0 Å². The van der Waals surface area contributed by atoms with E-state index in [1.54, 1.807) is 0 Å². The molecule has 0 radical (unpaired) electrons. The van der Waals surface area contributed by atoms with Gasteiger partial charge in [0.15, 0.2) is 0 Å². The molecule has 0 spiro atoms. The first kappa shape index (κ1) is 8.27. The van der Waals surface area contributed by atoms with E-state index < -0.39 is 0 Å². The second-order valence-electron chi connectivity index (χ2n) is 2.30. The molecule has 1 fully saturated rings. The molecule has 0 aromatic carbocycles. The number of rotatable bonds is 2. The highest BCUT2D eigenvalue weighted by Crippen LogP contribution is 2.34. The Morgan fingerprint density at radius 2 is 2.10 bits per heavy atom. The fourth-order valence-corrected chi connectivity index (χ4v) is 1.65. The molecule has 0 aromatic heterocycles. The number of hydrogen-bond acceptors (Lipinski definition) is 3. The van der Waals surface area contributed by atoms with Crippen LogP contribution in [0.2, 0.25) is 0 Å². The fraction of sp³-hybridized carbons (Fsp3) is 0.667. The summed E-state index contributed by atoms with van der Waals surface area (Å²) in [4.78, 5) is 0. The topological polar surface area (TPSA) is 47.7 Å². The normalized spacial score (nSPS) is 16.9. The van der Waals surface area contributed by atoms with Crippen molar-refractivity contribution < 1.29 is 0 Å². The van der Waals surface area contributed by atoms with Crippen LogP contribution < -0.4 is 0 Å². The Balaban J connectivity index is 2.23. The van der Waals surface area contributed by atoms with Gasteiger partial charge in [-0.25, -0.2) is 0 Å². The van der Waals surface area contributed by atoms with Gasteiger partial charge in [0.1, 0.15) is 0 Å². The SMILES string of the molecule is N=C(CBr)SC(=N)C1CC1. The van der Waals surface area contributed by atoms with Crippen LogP contribution in [0.1, 0.15) is 12.8 Å². The van der Waals surface area contributed by atoms with Crippen molar-refractivity contribution in [1.82, 2.24) is 0 Å². The van der Waals surface area contributed by atoms with Gasteiger partial charge in [0.2, 0.25) is 0 Å². The number of hydrogen-bond donors (Lipinski definition) is 2. The first-order chi connectivity index (χ1) is 4.74. The van der Waals surface area contributed by atoms with Crippen LogP contribution in [0.25, 0.3) is 0 Å². The minimum atomic E-state index is 0.490. The summed E-state index contributed by atoms with van der Waals surface area (Å²) in [5, 5.41) is 16.5. The van der Waals surface area contributed by atoms with Gasteiger partial charge >= 0.3 is 0 Å². The van der Waals surface area contributed by atoms with Crippen molar-refractivity contribution >= 4 is 37.8 Å². The van der Waals surface area contributed by atoms with Crippen molar-refractivity contribution in [2.24, 2.45) is 5.92 Å². The van der Waals surface area contributed by atoms with Gasteiger partial charge in [-0.2, -0.15) is 0 Å². The third kappa shape index (κ3) is 2.42. The summed E-state index contributed by atoms with van der Waals surface area (Å²) in [5.74, 6) is 0.490. The highest BCUT2D eigenvalue weighted by molar-refractivity contribution is 9.09. The van der Waals surface area contributed by atoms with E-state index in [1.807, 2.05) is 0 Å². The molecule has 0 bridgehead atoms. The Kier molecular flexibility index (Phi) is 2.92. The fourth-order valence-electron chi connectivity index (χ4n) is 0.589. The van der Waals surface area contributed by atoms with Crippen LogP contribution in [0.15, 0.2) is 0 Å². The van der Waals surface area contributed by atoms with E-state index in [0.29, 0.717) is 21.3 Å². The van der Waals surface area contributed by atoms with Gasteiger partial charge in [0, 0.05) is 5.92 Å². The van der Waals surface area contributed by atoms with Gasteiger partial charge in [-0.1, -0.05) is 27.7 Å². The van der Waals surface area contributed by atoms with Crippen LogP contribution in [0, 0.1) is 16.7 Å². The van der Waals surface area contributed by atoms with Crippen molar-refractivity contribution in [2.45, 2.75) is 12.8 Å². The Bertz CT molecular complexity index is 165. The Morgan fingerprint density at radius 3 is 2.50 bits per heavy atom. The third-order valence-corrected chi connectivity index (χ3v) is 3.18. The van der Waals surface area contributed by atoms with Crippen molar-refractivity contribution in [2.75, 3.05) is 5.33 Å². The molecule has 0 aromatic rings. The number of alkyl halides is 1. The second kappa shape index (κ2) is 3.53. The molecule has 1 rings (SSSR count). The molecule has 56 valence electrons. The van der Waals surface area contributed by atoms with E-state index in [2.05, 4.69) is 15.9 Å². The van der Waals surface area contributed by atoms with Crippen molar-refractivity contribution in [3.63, 3.8) is 0 Å². The molecule has 0 heterocycles. The van der Waals surface area contributed by atoms with Crippen LogP contribution >= 0.6 is 27.7 Å². The highest BCUT2D eigenvalue weighted by Gasteiger charge is 2.27. The Hall–Kier alpha value is 0.170. The Morgan fingerprint density at radius 1 is 1.50 bits per heavy atom. The van der Waals surface area contributed by atoms with Gasteiger partial charge in [0.05, 0.1) is 15.4 Å². The lowest BCUT2D eigenvalue weighted by Crippen LogP contribution is -1.99. The summed E-state index contributed by atoms with van der Waals surface area (Å²) >= 11 is 4.46. The molecule has 0 saturated heterocycles. The number of nitrogens with one attached hydrogen (secondary N) is 2. The van der Waals surface area contributed by atoms with Gasteiger partial charge < -0.3 is 0 Å². The molecular formula is C6H9BrN2S. The average Bonchev–Trinajstić information content (AvgIpc) is 2.68. The van der Waals surface area contributed by atoms with Crippen LogP contribution in [0.5, 0.6) is 0 Å². The number of halogens is 1. The first-order valence-electron chi connectivity index (χ1n) is 3.13. The molecular weight excluding hydrogens is 212 g/mol. The average molecular weight is 221 g/mol. The monoisotopic (exact) mass is 220 g/mol. The van der Waals surface area contributed by atoms with Gasteiger partial charge in [-0.15, -0.1) is 0 Å². The third-order valence-electron chi connectivity index (χ3n) is 1.30. The molecule has 2 nitrogen and oxygen atoms in total. The lowest BCUT2D eigenvalue weighted by molar-refractivity contribution is 1.20. The zero-order chi connectivity index (χ0) is 7.56. The molecule has 0 amide bonds. The standard InChI is InChI=1S/C6H9BrN2S/c7-3-5(8)10-6(9)4-1-2-4/h4,8-9H,1-3H2. The second-order valence-corrected chi connectivity index (χ2v) is 3.99. The smallest absolute Gasteiger partial charge is 0.0806 e. The van der Waals surface area contributed by atoms with Crippen LogP contribution in [-0.2, 0) is 0 Å². The predicted octanol–water partition coefficient (Wildman–Crippen LogP) is 2.48. The minimum absolute atomic E-state index is 0.490. The van der Waals surface area contributed by atoms with Gasteiger partial charge in [-0.3, -0.25) is 10.8 Å². The van der Waals surface area contributed by atoms with E-state index in [-0.39, 0.29) is 0 Å². The van der Waals surface area contributed by atoms with Crippen molar-refractivity contribution in [3.8, 4) is 0 Å². The van der Waals surface area contributed by atoms with E-state index in [4.69, 9.17) is 10.8 Å². The lowest BCUT2D eigenvalue weighted by atomic mass is 10.5. The summed E-state index contributed by atoms with van der Waals surface area (Å²) < 4.78 is 0. The summed E-state index contributed by atoms with van der Waals surface area (Å²) in [6, 6.07) is 0. The summed E-state index contributed by atoms with van der Waals surface area (Å²) in [5.41, 5.74) is 0. The minimum Gasteiger partial charge on any atom is -0.298 e. The van der Waals surface area contributed by atoms with E-state index in [1.165, 1.54) is 11.8 Å². The summed E-state index contributed by atoms with van der Waals surface area (Å²) in [7, 11) is 0. The maximum atomic E-state index is 7.44. The largest absolute Gasteiger partial charge is 0.298 e. The maximum Gasteiger partial charge on any atom is 0.0806 e. The van der Waals surface area contributed by atoms with Crippen LogP contribution in [0.3, 0.4) is 0 Å². The molecule has 0 unspecified atom stereocenters. The zero-order valence-electron chi connectivity index (χ0n) is 5.48. The summed E-state index contributed by atoms with van der Waals surface area (Å²) in [6.45, 7) is 0. The molecule has 10 heavy (non-hydrogen) atoms. The highest BCUT2D eigenvalue weighted by atomic mass is 79.9. The number of thioether (sulfide) groups is 1. The molecule has 1 aliphatic rings. The summed E-state index contributed by atoms with van der Waals surface area (Å²) in [6.07, 6.45) is 2.31. The zero-order valence-corrected chi connectivity index (χ0v) is 7.89. The molecule has 4 heteroatoms. The molecule has 0 atom stereocenters. The molecule has 2 N–H and O–H groups in total. The van der Waals surface area contributed by atoms with Crippen LogP contribution in [-0.4, -0.2) is 15.4 Å². The van der Waals surface area contributed by atoms with Gasteiger partial charge in [-0.05, 0) is 12.8 Å². The van der Waals surface area contributed by atoms with Crippen molar-refractivity contribution in [1.29, 1.82) is 10.8 Å². The van der Waals surface area contributed by atoms with E-state index in [9.17, 15) is 0 Å². The molecule has 1 aliphatic carbocycles. The van der Waals surface area contributed by atoms with E-state index in [0.717, 1.165) is 12.8 Å². The Labute approximate surface area is 72.9 Å². The maximum absolute atomic E-state index is 7.44. The predicted molar refractivity (Wildman–Crippen MR) is 49.6 cm³/mol.